The Labute approximate surface area is 522 Å². The highest BCUT2D eigenvalue weighted by atomic mass is 19.4. The molecule has 0 aliphatic heterocycles. The molecular formula is C61H64F16N14O2. The SMILES string of the molecule is CCN(CC1CCCC1)c1nc2cc(F)cc(F)c2cc1CN(Cc1cc(C(F)(F)F)cc(C(F)(F)F)c1)c1nnn(CCO)n1.CCN(CC1CCCC1)c1nc2cc(F)cc(F)c2cc1CN(Cc1cc(C(F)(F)F)cc(C(F)(F)F)c1)c1nnn(CCOC)n1. The molecule has 8 aromatic rings. The maximum Gasteiger partial charge on any atom is 0.416 e. The van der Waals surface area contributed by atoms with E-state index in [1.54, 1.807) is 0 Å². The van der Waals surface area contributed by atoms with Gasteiger partial charge in [-0.2, -0.15) is 62.3 Å². The van der Waals surface area contributed by atoms with Crippen LogP contribution in [0, 0.1) is 35.1 Å². The summed E-state index contributed by atoms with van der Waals surface area (Å²) in [6.07, 6.45) is -12.0. The van der Waals surface area contributed by atoms with Crippen LogP contribution < -0.4 is 19.6 Å². The molecule has 0 radical (unpaired) electrons. The first-order valence-electron chi connectivity index (χ1n) is 29.8. The molecule has 0 amide bonds. The van der Waals surface area contributed by atoms with Gasteiger partial charge in [0.15, 0.2) is 0 Å². The Morgan fingerprint density at radius 3 is 1.18 bits per heavy atom. The zero-order valence-electron chi connectivity index (χ0n) is 50.4. The lowest BCUT2D eigenvalue weighted by molar-refractivity contribution is -0.144. The van der Waals surface area contributed by atoms with Crippen molar-refractivity contribution >= 4 is 45.3 Å². The molecule has 4 aromatic carbocycles. The monoisotopic (exact) mass is 1330 g/mol. The number of rotatable bonds is 23. The van der Waals surface area contributed by atoms with E-state index in [9.17, 15) is 71.0 Å². The van der Waals surface area contributed by atoms with Crippen LogP contribution in [-0.2, 0) is 68.7 Å². The molecule has 10 rings (SSSR count). The molecule has 4 heterocycles. The van der Waals surface area contributed by atoms with Gasteiger partial charge in [-0.1, -0.05) is 35.9 Å². The van der Waals surface area contributed by atoms with E-state index in [0.717, 1.165) is 68.3 Å². The number of benzene rings is 4. The first-order valence-corrected chi connectivity index (χ1v) is 29.8. The standard InChI is InChI=1S/C31H33F8N7O.C30H31F8N7O/c1-3-44(16-19-6-4-5-7-19)28-21(12-25-26(33)14-24(32)15-27(25)40-28)18-45(29-41-43-46(42-29)8-9-47-2)17-20-10-22(30(34,35)36)13-23(11-20)31(37,38)39;1-2-43(15-18-5-3-4-6-18)27-20(11-24-25(32)13-23(31)14-26(24)39-27)17-44(28-40-42-45(41-28)7-8-46)16-19-9-21(29(33,34)35)12-22(10-19)30(36,37)38/h10-15,19H,3-9,16-18H2,1-2H3;9-14,18,46H,2-8,15-17H2,1H3. The fourth-order valence-electron chi connectivity index (χ4n) is 11.6. The van der Waals surface area contributed by atoms with E-state index >= 15 is 4.39 Å². The Bertz CT molecular complexity index is 3780. The normalized spacial score (nSPS) is 14.4. The number of methoxy groups -OCH3 is 1. The van der Waals surface area contributed by atoms with Crippen LogP contribution in [0.25, 0.3) is 21.8 Å². The molecule has 93 heavy (non-hydrogen) atoms. The van der Waals surface area contributed by atoms with Crippen molar-refractivity contribution in [2.75, 3.05) is 66.1 Å². The minimum absolute atomic E-state index is 0.00264. The highest BCUT2D eigenvalue weighted by Crippen LogP contribution is 2.41. The number of fused-ring (bicyclic) bond motifs is 2. The number of anilines is 4. The minimum Gasteiger partial charge on any atom is -0.394 e. The summed E-state index contributed by atoms with van der Waals surface area (Å²) < 4.78 is 228. The van der Waals surface area contributed by atoms with Gasteiger partial charge >= 0.3 is 24.7 Å². The van der Waals surface area contributed by atoms with Crippen LogP contribution in [0.4, 0.5) is 93.8 Å². The van der Waals surface area contributed by atoms with Crippen molar-refractivity contribution in [3.63, 3.8) is 0 Å². The number of nitrogens with zero attached hydrogens (tertiary/aromatic N) is 14. The van der Waals surface area contributed by atoms with Gasteiger partial charge in [-0.25, -0.2) is 27.5 Å². The lowest BCUT2D eigenvalue weighted by Crippen LogP contribution is -2.32. The van der Waals surface area contributed by atoms with Gasteiger partial charge in [0.05, 0.1) is 59.6 Å². The number of ether oxygens (including phenoxy) is 1. The van der Waals surface area contributed by atoms with Crippen molar-refractivity contribution in [3.8, 4) is 0 Å². The van der Waals surface area contributed by atoms with E-state index in [-0.39, 0.29) is 96.4 Å². The van der Waals surface area contributed by atoms with Crippen molar-refractivity contribution in [2.24, 2.45) is 11.8 Å². The Morgan fingerprint density at radius 1 is 0.484 bits per heavy atom. The largest absolute Gasteiger partial charge is 0.416 e. The number of halogens is 16. The summed E-state index contributed by atoms with van der Waals surface area (Å²) in [5, 5.41) is 33.5. The highest BCUT2D eigenvalue weighted by Gasteiger charge is 2.39. The van der Waals surface area contributed by atoms with Crippen molar-refractivity contribution in [1.82, 2.24) is 50.4 Å². The first-order chi connectivity index (χ1) is 44.0. The Morgan fingerprint density at radius 2 is 0.849 bits per heavy atom. The van der Waals surface area contributed by atoms with Gasteiger partial charge in [-0.3, -0.25) is 0 Å². The second-order valence-corrected chi connectivity index (χ2v) is 22.9. The third-order valence-electron chi connectivity index (χ3n) is 16.1. The molecule has 32 heteroatoms. The van der Waals surface area contributed by atoms with Crippen molar-refractivity contribution < 1.29 is 80.1 Å². The maximum absolute atomic E-state index is 15.0. The van der Waals surface area contributed by atoms with Gasteiger partial charge in [0, 0.05) is 106 Å². The molecule has 0 atom stereocenters. The van der Waals surface area contributed by atoms with E-state index in [1.165, 1.54) is 33.8 Å². The lowest BCUT2D eigenvalue weighted by Gasteiger charge is -2.30. The molecule has 0 spiro atoms. The minimum atomic E-state index is -5.06. The highest BCUT2D eigenvalue weighted by molar-refractivity contribution is 5.84. The third-order valence-corrected chi connectivity index (χ3v) is 16.1. The lowest BCUT2D eigenvalue weighted by atomic mass is 10.0. The number of pyridine rings is 2. The summed E-state index contributed by atoms with van der Waals surface area (Å²) in [7, 11) is 1.46. The predicted molar refractivity (Wildman–Crippen MR) is 310 cm³/mol. The van der Waals surface area contributed by atoms with E-state index in [4.69, 9.17) is 4.74 Å². The zero-order valence-corrected chi connectivity index (χ0v) is 50.4. The van der Waals surface area contributed by atoms with Crippen molar-refractivity contribution in [2.45, 2.75) is 129 Å². The van der Waals surface area contributed by atoms with Gasteiger partial charge in [0.1, 0.15) is 34.9 Å². The molecule has 0 saturated heterocycles. The summed E-state index contributed by atoms with van der Waals surface area (Å²) in [6, 6.07) is 9.13. The molecule has 502 valence electrons. The number of hydrogen-bond acceptors (Lipinski definition) is 14. The van der Waals surface area contributed by atoms with Crippen LogP contribution in [0.15, 0.2) is 72.8 Å². The number of hydrogen-bond donors (Lipinski definition) is 1. The molecule has 2 fully saturated rings. The second kappa shape index (κ2) is 29.0. The Kier molecular flexibility index (Phi) is 21.6. The molecule has 4 aromatic heterocycles. The van der Waals surface area contributed by atoms with Crippen LogP contribution in [0.1, 0.15) is 110 Å². The third kappa shape index (κ3) is 17.6. The summed E-state index contributed by atoms with van der Waals surface area (Å²) >= 11 is 0. The summed E-state index contributed by atoms with van der Waals surface area (Å²) in [5.74, 6) is -2.23. The molecule has 2 aliphatic rings. The quantitative estimate of drug-likeness (QED) is 0.0604. The molecule has 1 N–H and O–H groups in total. The molecule has 16 nitrogen and oxygen atoms in total. The number of alkyl halides is 12. The summed E-state index contributed by atoms with van der Waals surface area (Å²) in [6.45, 7) is 4.40. The second-order valence-electron chi connectivity index (χ2n) is 22.9. The first kappa shape index (κ1) is 69.2. The Hall–Kier alpha value is -8.16. The molecule has 2 aliphatic carbocycles. The van der Waals surface area contributed by atoms with Crippen LogP contribution in [0.5, 0.6) is 0 Å². The van der Waals surface area contributed by atoms with Gasteiger partial charge in [-0.15, -0.1) is 10.2 Å². The van der Waals surface area contributed by atoms with E-state index in [1.807, 2.05) is 23.6 Å². The molecule has 0 bridgehead atoms. The Balaban J connectivity index is 0.000000219. The maximum atomic E-state index is 15.0. The smallest absolute Gasteiger partial charge is 0.394 e. The van der Waals surface area contributed by atoms with Gasteiger partial charge in [0.2, 0.25) is 0 Å². The van der Waals surface area contributed by atoms with Gasteiger partial charge in [-0.05, 0) is 121 Å². The number of tetrazole rings is 2. The van der Waals surface area contributed by atoms with Crippen LogP contribution in [0.2, 0.25) is 0 Å². The number of aromatic nitrogens is 10. The van der Waals surface area contributed by atoms with E-state index in [2.05, 4.69) is 40.8 Å². The number of aliphatic hydroxyl groups excluding tert-OH is 1. The molecule has 2 saturated carbocycles. The van der Waals surface area contributed by atoms with Crippen LogP contribution in [0.3, 0.4) is 0 Å². The fourth-order valence-corrected chi connectivity index (χ4v) is 11.6. The topological polar surface area (TPSA) is 155 Å². The van der Waals surface area contributed by atoms with Crippen LogP contribution in [-0.4, -0.2) is 102 Å². The fraction of sp³-hybridized carbons (Fsp3) is 0.475. The van der Waals surface area contributed by atoms with E-state index < -0.39 is 83.3 Å². The average molecular weight is 1330 g/mol. The van der Waals surface area contributed by atoms with Crippen LogP contribution >= 0.6 is 0 Å². The summed E-state index contributed by atoms with van der Waals surface area (Å²) in [4.78, 5) is 18.0. The van der Waals surface area contributed by atoms with Gasteiger partial charge in [0.25, 0.3) is 11.9 Å². The zero-order chi connectivity index (χ0) is 67.2. The molecule has 0 unspecified atom stereocenters. The van der Waals surface area contributed by atoms with Crippen molar-refractivity contribution in [1.29, 1.82) is 0 Å². The average Bonchev–Trinajstić information content (AvgIpc) is 1.17. The van der Waals surface area contributed by atoms with Gasteiger partial charge < -0.3 is 29.4 Å². The number of aliphatic hydroxyl groups is 1. The summed E-state index contributed by atoms with van der Waals surface area (Å²) in [5.41, 5.74) is -5.71. The van der Waals surface area contributed by atoms with E-state index in [0.29, 0.717) is 97.2 Å². The molecular weight excluding hydrogens is 1260 g/mol. The predicted octanol–water partition coefficient (Wildman–Crippen LogP) is 14.2. The van der Waals surface area contributed by atoms with Crippen molar-refractivity contribution in [3.05, 3.63) is 141 Å².